The van der Waals surface area contributed by atoms with Gasteiger partial charge in [-0.15, -0.1) is 0 Å². The highest BCUT2D eigenvalue weighted by Gasteiger charge is 2.16. The first-order chi connectivity index (χ1) is 8.90. The largest absolute Gasteiger partial charge is 0.505 e. The molecule has 19 heavy (non-hydrogen) atoms. The molecular formula is C13H12N2O4. The van der Waals surface area contributed by atoms with Crippen molar-refractivity contribution in [2.45, 2.75) is 13.8 Å². The Labute approximate surface area is 108 Å². The standard InChI is InChI=1S/C13H12N2O4/c1-7-3-4-9(8(2)5-7)15-11(17)6-10(16)12(14-15)13(18)19/h3-6,16H,1-2H3,(H,18,19). The Morgan fingerprint density at radius 2 is 1.95 bits per heavy atom. The number of aromatic carboxylic acids is 1. The van der Waals surface area contributed by atoms with Crippen molar-refractivity contribution in [2.24, 2.45) is 0 Å². The Hall–Kier alpha value is -2.63. The Balaban J connectivity index is 2.72. The second kappa shape index (κ2) is 4.56. The maximum absolute atomic E-state index is 11.8. The van der Waals surface area contributed by atoms with Crippen molar-refractivity contribution in [3.05, 3.63) is 51.4 Å². The van der Waals surface area contributed by atoms with Crippen LogP contribution in [-0.4, -0.2) is 26.0 Å². The van der Waals surface area contributed by atoms with E-state index in [0.717, 1.165) is 21.9 Å². The van der Waals surface area contributed by atoms with Crippen molar-refractivity contribution < 1.29 is 15.0 Å². The number of carbonyl (C=O) groups is 1. The SMILES string of the molecule is Cc1ccc(-n2nc(C(=O)O)c(O)cc2=O)c(C)c1. The summed E-state index contributed by atoms with van der Waals surface area (Å²) in [6.45, 7) is 3.70. The van der Waals surface area contributed by atoms with Crippen LogP contribution in [0.5, 0.6) is 5.75 Å². The van der Waals surface area contributed by atoms with E-state index in [-0.39, 0.29) is 0 Å². The molecule has 98 valence electrons. The summed E-state index contributed by atoms with van der Waals surface area (Å²) < 4.78 is 0.970. The summed E-state index contributed by atoms with van der Waals surface area (Å²) in [5, 5.41) is 22.0. The van der Waals surface area contributed by atoms with Gasteiger partial charge in [0.1, 0.15) is 0 Å². The molecule has 0 unspecified atom stereocenters. The van der Waals surface area contributed by atoms with E-state index in [0.29, 0.717) is 5.69 Å². The Morgan fingerprint density at radius 1 is 1.26 bits per heavy atom. The summed E-state index contributed by atoms with van der Waals surface area (Å²) in [5.41, 5.74) is 1.15. The van der Waals surface area contributed by atoms with E-state index in [1.165, 1.54) is 0 Å². The summed E-state index contributed by atoms with van der Waals surface area (Å²) >= 11 is 0. The third-order valence-electron chi connectivity index (χ3n) is 2.69. The number of aromatic hydroxyl groups is 1. The molecule has 1 aromatic heterocycles. The lowest BCUT2D eigenvalue weighted by Gasteiger charge is -2.09. The van der Waals surface area contributed by atoms with Gasteiger partial charge >= 0.3 is 5.97 Å². The van der Waals surface area contributed by atoms with Gasteiger partial charge in [-0.1, -0.05) is 17.7 Å². The normalized spacial score (nSPS) is 10.4. The average Bonchev–Trinajstić information content (AvgIpc) is 2.30. The number of hydrogen-bond acceptors (Lipinski definition) is 4. The molecule has 2 aromatic rings. The maximum Gasteiger partial charge on any atom is 0.360 e. The number of carboxylic acids is 1. The van der Waals surface area contributed by atoms with Crippen LogP contribution < -0.4 is 5.56 Å². The van der Waals surface area contributed by atoms with Crippen LogP contribution >= 0.6 is 0 Å². The summed E-state index contributed by atoms with van der Waals surface area (Å²) in [6, 6.07) is 6.18. The van der Waals surface area contributed by atoms with E-state index in [9.17, 15) is 14.7 Å². The minimum absolute atomic E-state index is 0.484. The number of aromatic nitrogens is 2. The van der Waals surface area contributed by atoms with Gasteiger partial charge in [-0.25, -0.2) is 4.79 Å². The van der Waals surface area contributed by atoms with Crippen LogP contribution in [0.3, 0.4) is 0 Å². The molecule has 0 bridgehead atoms. The summed E-state index contributed by atoms with van der Waals surface area (Å²) in [4.78, 5) is 22.7. The Kier molecular flexibility index (Phi) is 3.08. The summed E-state index contributed by atoms with van der Waals surface area (Å²) in [6.07, 6.45) is 0. The van der Waals surface area contributed by atoms with E-state index >= 15 is 0 Å². The molecule has 6 heteroatoms. The Bertz CT molecular complexity index is 719. The minimum Gasteiger partial charge on any atom is -0.505 e. The molecule has 0 spiro atoms. The fourth-order valence-corrected chi connectivity index (χ4v) is 1.81. The van der Waals surface area contributed by atoms with Crippen molar-refractivity contribution in [1.29, 1.82) is 0 Å². The van der Waals surface area contributed by atoms with Crippen LogP contribution in [0.15, 0.2) is 29.1 Å². The monoisotopic (exact) mass is 260 g/mol. The first kappa shape index (κ1) is 12.8. The van der Waals surface area contributed by atoms with E-state index in [2.05, 4.69) is 5.10 Å². The number of carboxylic acid groups (broad SMARTS) is 1. The zero-order valence-electron chi connectivity index (χ0n) is 10.4. The lowest BCUT2D eigenvalue weighted by Crippen LogP contribution is -2.23. The van der Waals surface area contributed by atoms with E-state index in [1.807, 2.05) is 13.0 Å². The fraction of sp³-hybridized carbons (Fsp3) is 0.154. The molecule has 0 radical (unpaired) electrons. The molecule has 2 N–H and O–H groups in total. The first-order valence-corrected chi connectivity index (χ1v) is 5.54. The number of rotatable bonds is 2. The minimum atomic E-state index is -1.39. The quantitative estimate of drug-likeness (QED) is 0.847. The second-order valence-corrected chi connectivity index (χ2v) is 4.22. The molecule has 6 nitrogen and oxygen atoms in total. The van der Waals surface area contributed by atoms with E-state index in [1.54, 1.807) is 19.1 Å². The lowest BCUT2D eigenvalue weighted by atomic mass is 10.1. The van der Waals surface area contributed by atoms with Crippen molar-refractivity contribution in [3.8, 4) is 11.4 Å². The van der Waals surface area contributed by atoms with Gasteiger partial charge in [0.2, 0.25) is 5.69 Å². The van der Waals surface area contributed by atoms with Gasteiger partial charge in [-0.05, 0) is 25.5 Å². The number of nitrogens with zero attached hydrogens (tertiary/aromatic N) is 2. The topological polar surface area (TPSA) is 92.4 Å². The van der Waals surface area contributed by atoms with Crippen LogP contribution in [0.2, 0.25) is 0 Å². The van der Waals surface area contributed by atoms with Gasteiger partial charge in [-0.3, -0.25) is 4.79 Å². The summed E-state index contributed by atoms with van der Waals surface area (Å²) in [5.74, 6) is -2.03. The van der Waals surface area contributed by atoms with Crippen molar-refractivity contribution in [1.82, 2.24) is 9.78 Å². The van der Waals surface area contributed by atoms with Crippen molar-refractivity contribution in [3.63, 3.8) is 0 Å². The average molecular weight is 260 g/mol. The number of aryl methyl sites for hydroxylation is 2. The smallest absolute Gasteiger partial charge is 0.360 e. The van der Waals surface area contributed by atoms with Gasteiger partial charge in [0.15, 0.2) is 5.75 Å². The third kappa shape index (κ3) is 2.33. The highest BCUT2D eigenvalue weighted by atomic mass is 16.4. The van der Waals surface area contributed by atoms with Gasteiger partial charge < -0.3 is 10.2 Å². The highest BCUT2D eigenvalue weighted by molar-refractivity contribution is 5.88. The van der Waals surface area contributed by atoms with Crippen molar-refractivity contribution in [2.75, 3.05) is 0 Å². The molecule has 0 atom stereocenters. The zero-order valence-corrected chi connectivity index (χ0v) is 10.4. The third-order valence-corrected chi connectivity index (χ3v) is 2.69. The first-order valence-electron chi connectivity index (χ1n) is 5.54. The molecule has 0 aliphatic heterocycles. The molecule has 1 heterocycles. The van der Waals surface area contributed by atoms with Gasteiger partial charge in [-0.2, -0.15) is 9.78 Å². The van der Waals surface area contributed by atoms with E-state index < -0.39 is 23.0 Å². The lowest BCUT2D eigenvalue weighted by molar-refractivity contribution is 0.0684. The highest BCUT2D eigenvalue weighted by Crippen LogP contribution is 2.16. The molecule has 0 aliphatic rings. The molecule has 1 aromatic carbocycles. The van der Waals surface area contributed by atoms with Gasteiger partial charge in [0.25, 0.3) is 5.56 Å². The summed E-state index contributed by atoms with van der Waals surface area (Å²) in [7, 11) is 0. The number of hydrogen-bond donors (Lipinski definition) is 2. The van der Waals surface area contributed by atoms with Gasteiger partial charge in [0, 0.05) is 6.07 Å². The predicted molar refractivity (Wildman–Crippen MR) is 67.9 cm³/mol. The van der Waals surface area contributed by atoms with Crippen LogP contribution in [0.1, 0.15) is 21.6 Å². The second-order valence-electron chi connectivity index (χ2n) is 4.22. The molecular weight excluding hydrogens is 248 g/mol. The van der Waals surface area contributed by atoms with Crippen LogP contribution in [0.25, 0.3) is 5.69 Å². The molecule has 0 saturated heterocycles. The molecule has 0 aliphatic carbocycles. The van der Waals surface area contributed by atoms with Crippen molar-refractivity contribution >= 4 is 5.97 Å². The van der Waals surface area contributed by atoms with E-state index in [4.69, 9.17) is 5.11 Å². The molecule has 0 fully saturated rings. The molecule has 0 saturated carbocycles. The van der Waals surface area contributed by atoms with Crippen LogP contribution in [-0.2, 0) is 0 Å². The van der Waals surface area contributed by atoms with Gasteiger partial charge in [0.05, 0.1) is 5.69 Å². The Morgan fingerprint density at radius 3 is 2.53 bits per heavy atom. The van der Waals surface area contributed by atoms with Crippen LogP contribution in [0, 0.1) is 13.8 Å². The zero-order chi connectivity index (χ0) is 14.2. The van der Waals surface area contributed by atoms with Crippen LogP contribution in [0.4, 0.5) is 0 Å². The molecule has 0 amide bonds. The predicted octanol–water partition coefficient (Wildman–Crippen LogP) is 1.25. The number of benzene rings is 1. The maximum atomic E-state index is 11.8. The molecule has 2 rings (SSSR count). The fourth-order valence-electron chi connectivity index (χ4n) is 1.81.